The summed E-state index contributed by atoms with van der Waals surface area (Å²) in [7, 11) is 0. The first kappa shape index (κ1) is 12.3. The summed E-state index contributed by atoms with van der Waals surface area (Å²) in [6.45, 7) is 0. The average molecular weight is 320 g/mol. The number of nitrogens with zero attached hydrogens (tertiary/aromatic N) is 2. The molecule has 21 heavy (non-hydrogen) atoms. The fourth-order valence-electron chi connectivity index (χ4n) is 6.40. The van der Waals surface area contributed by atoms with Gasteiger partial charge in [0, 0.05) is 35.1 Å². The number of rotatable bonds is 2. The normalized spacial score (nSPS) is 53.5. The summed E-state index contributed by atoms with van der Waals surface area (Å²) < 4.78 is 0. The summed E-state index contributed by atoms with van der Waals surface area (Å²) in [5, 5.41) is 9.57. The van der Waals surface area contributed by atoms with Gasteiger partial charge in [0.15, 0.2) is 10.2 Å². The van der Waals surface area contributed by atoms with Crippen LogP contribution in [-0.2, 0) is 0 Å². The van der Waals surface area contributed by atoms with E-state index in [4.69, 9.17) is 35.9 Å². The maximum Gasteiger partial charge on any atom is 0.184 e. The molecule has 0 radical (unpaired) electrons. The van der Waals surface area contributed by atoms with Gasteiger partial charge in [-0.25, -0.2) is 0 Å². The van der Waals surface area contributed by atoms with Crippen LogP contribution in [0.5, 0.6) is 0 Å². The summed E-state index contributed by atoms with van der Waals surface area (Å²) in [4.78, 5) is 0. The van der Waals surface area contributed by atoms with Crippen LogP contribution in [0.15, 0.2) is 10.2 Å². The zero-order valence-corrected chi connectivity index (χ0v) is 12.8. The van der Waals surface area contributed by atoms with Crippen LogP contribution in [0, 0.1) is 47.3 Å². The van der Waals surface area contributed by atoms with E-state index >= 15 is 0 Å². The first-order valence-electron chi connectivity index (χ1n) is 7.35. The van der Waals surface area contributed by atoms with Crippen LogP contribution in [0.4, 0.5) is 0 Å². The molecular weight excluding hydrogens is 304 g/mol. The zero-order chi connectivity index (χ0) is 14.5. The Kier molecular flexibility index (Phi) is 2.18. The van der Waals surface area contributed by atoms with Gasteiger partial charge in [0.1, 0.15) is 0 Å². The van der Waals surface area contributed by atoms with Crippen LogP contribution in [-0.4, -0.2) is 21.6 Å². The van der Waals surface area contributed by atoms with Gasteiger partial charge in [-0.1, -0.05) is 0 Å². The summed E-state index contributed by atoms with van der Waals surface area (Å²) in [6.07, 6.45) is 1.33. The van der Waals surface area contributed by atoms with Crippen LogP contribution < -0.4 is 22.3 Å². The van der Waals surface area contributed by atoms with Crippen molar-refractivity contribution in [2.75, 3.05) is 0 Å². The average Bonchev–Trinajstić information content (AvgIpc) is 2.91. The van der Waals surface area contributed by atoms with Crippen molar-refractivity contribution in [3.63, 3.8) is 0 Å². The highest BCUT2D eigenvalue weighted by atomic mass is 32.1. The van der Waals surface area contributed by atoms with Gasteiger partial charge in [-0.15, -0.1) is 0 Å². The van der Waals surface area contributed by atoms with Gasteiger partial charge in [-0.05, 0) is 54.5 Å². The molecule has 110 valence electrons. The molecule has 0 saturated heterocycles. The molecule has 6 N–H and O–H groups in total. The van der Waals surface area contributed by atoms with Gasteiger partial charge < -0.3 is 11.5 Å². The second-order valence-corrected chi connectivity index (χ2v) is 7.73. The highest BCUT2D eigenvalue weighted by Gasteiger charge is 2.82. The molecular formula is C13H16N6S2. The minimum absolute atomic E-state index is 0.241. The van der Waals surface area contributed by atoms with Crippen LogP contribution >= 0.6 is 24.4 Å². The van der Waals surface area contributed by atoms with Crippen LogP contribution in [0.25, 0.3) is 0 Å². The Bertz CT molecular complexity index is 585. The molecule has 5 fully saturated rings. The summed E-state index contributed by atoms with van der Waals surface area (Å²) >= 11 is 9.75. The minimum atomic E-state index is 0.241. The lowest BCUT2D eigenvalue weighted by molar-refractivity contribution is 0.0654. The molecule has 8 heteroatoms. The fraction of sp³-hybridized carbons (Fsp3) is 0.692. The second kappa shape index (κ2) is 3.73. The Morgan fingerprint density at radius 1 is 0.857 bits per heavy atom. The Morgan fingerprint density at radius 3 is 1.67 bits per heavy atom. The molecule has 0 spiro atoms. The third-order valence-electron chi connectivity index (χ3n) is 6.46. The molecule has 2 bridgehead atoms. The Morgan fingerprint density at radius 2 is 1.29 bits per heavy atom. The van der Waals surface area contributed by atoms with Crippen molar-refractivity contribution in [3.8, 4) is 0 Å². The maximum atomic E-state index is 5.52. The molecule has 0 amide bonds. The lowest BCUT2D eigenvalue weighted by atomic mass is 9.59. The number of nitrogens with two attached hydrogens (primary N) is 2. The van der Waals surface area contributed by atoms with Crippen molar-refractivity contribution in [3.05, 3.63) is 0 Å². The van der Waals surface area contributed by atoms with Crippen molar-refractivity contribution in [1.82, 2.24) is 10.9 Å². The molecule has 5 aliphatic carbocycles. The van der Waals surface area contributed by atoms with Crippen LogP contribution in [0.1, 0.15) is 6.42 Å². The lowest BCUT2D eigenvalue weighted by Crippen LogP contribution is -2.49. The number of hydrogen-bond acceptors (Lipinski definition) is 4. The highest BCUT2D eigenvalue weighted by molar-refractivity contribution is 7.80. The minimum Gasteiger partial charge on any atom is -0.375 e. The molecule has 5 aliphatic rings. The number of hydrazone groups is 2. The predicted octanol–water partition coefficient (Wildman–Crippen LogP) is -0.248. The van der Waals surface area contributed by atoms with Crippen molar-refractivity contribution >= 4 is 46.1 Å². The van der Waals surface area contributed by atoms with Crippen LogP contribution in [0.2, 0.25) is 0 Å². The molecule has 0 aromatic carbocycles. The standard InChI is InChI=1S/C13H16N6S2/c14-12(20)18-16-10-6-2-1-3-5-4(2)8(10)9(5)11(7(3)6)17-19-13(15)21/h2-9H,1H2,(H3,14,18,20)(H3,15,19,21). The summed E-state index contributed by atoms with van der Waals surface area (Å²) in [5.41, 5.74) is 19.2. The number of thiocarbonyl (C=S) groups is 2. The van der Waals surface area contributed by atoms with Crippen molar-refractivity contribution in [2.45, 2.75) is 6.42 Å². The number of hydrogen-bond donors (Lipinski definition) is 4. The predicted molar refractivity (Wildman–Crippen MR) is 87.2 cm³/mol. The van der Waals surface area contributed by atoms with E-state index in [1.807, 2.05) is 0 Å². The third kappa shape index (κ3) is 1.25. The quantitative estimate of drug-likeness (QED) is 0.414. The molecule has 5 rings (SSSR count). The van der Waals surface area contributed by atoms with Gasteiger partial charge >= 0.3 is 0 Å². The first-order valence-corrected chi connectivity index (χ1v) is 8.17. The van der Waals surface area contributed by atoms with E-state index in [9.17, 15) is 0 Å². The highest BCUT2D eigenvalue weighted by Crippen LogP contribution is 2.80. The number of nitrogens with one attached hydrogen (secondary N) is 2. The van der Waals surface area contributed by atoms with E-state index in [0.717, 1.165) is 23.7 Å². The Labute approximate surface area is 132 Å². The molecule has 0 heterocycles. The van der Waals surface area contributed by atoms with Gasteiger partial charge in [0.2, 0.25) is 0 Å². The lowest BCUT2D eigenvalue weighted by Gasteiger charge is -2.44. The topological polar surface area (TPSA) is 101 Å². The fourth-order valence-corrected chi connectivity index (χ4v) is 6.49. The summed E-state index contributed by atoms with van der Waals surface area (Å²) in [5.74, 6) is 5.30. The van der Waals surface area contributed by atoms with Gasteiger partial charge in [0.05, 0.1) is 0 Å². The van der Waals surface area contributed by atoms with Gasteiger partial charge in [-0.3, -0.25) is 10.9 Å². The Balaban J connectivity index is 1.54. The maximum absolute atomic E-state index is 5.52. The second-order valence-electron chi connectivity index (χ2n) is 6.85. The SMILES string of the molecule is NC(=S)NN=C1C2C3CC4C2C(=NNC(N)=S)C2C1C3C42. The van der Waals surface area contributed by atoms with Crippen LogP contribution in [0.3, 0.4) is 0 Å². The summed E-state index contributed by atoms with van der Waals surface area (Å²) in [6, 6.07) is 0. The monoisotopic (exact) mass is 320 g/mol. The van der Waals surface area contributed by atoms with E-state index in [-0.39, 0.29) is 10.2 Å². The van der Waals surface area contributed by atoms with Crippen molar-refractivity contribution in [1.29, 1.82) is 0 Å². The van der Waals surface area contributed by atoms with E-state index in [1.54, 1.807) is 0 Å². The van der Waals surface area contributed by atoms with Gasteiger partial charge in [0.25, 0.3) is 0 Å². The largest absolute Gasteiger partial charge is 0.375 e. The molecule has 8 atom stereocenters. The van der Waals surface area contributed by atoms with Gasteiger partial charge in [-0.2, -0.15) is 10.2 Å². The zero-order valence-electron chi connectivity index (χ0n) is 11.2. The van der Waals surface area contributed by atoms with E-state index in [2.05, 4.69) is 21.1 Å². The molecule has 0 aliphatic heterocycles. The van der Waals surface area contributed by atoms with E-state index in [1.165, 1.54) is 17.8 Å². The van der Waals surface area contributed by atoms with Crippen molar-refractivity contribution in [2.24, 2.45) is 69.0 Å². The molecule has 6 nitrogen and oxygen atoms in total. The molecule has 8 unspecified atom stereocenters. The molecule has 5 saturated carbocycles. The smallest absolute Gasteiger partial charge is 0.184 e. The van der Waals surface area contributed by atoms with E-state index in [0.29, 0.717) is 23.7 Å². The molecule has 0 aromatic rings. The van der Waals surface area contributed by atoms with Crippen molar-refractivity contribution < 1.29 is 0 Å². The molecule has 0 aromatic heterocycles. The first-order chi connectivity index (χ1) is 10.1. The van der Waals surface area contributed by atoms with E-state index < -0.39 is 0 Å². The Hall–Kier alpha value is -1.28. The third-order valence-corrected chi connectivity index (χ3v) is 6.64. The number of fused-ring (bicyclic) bond motifs is 2.